The average Bonchev–Trinajstić information content (AvgIpc) is 2.33. The van der Waals surface area contributed by atoms with Crippen molar-refractivity contribution in [3.63, 3.8) is 0 Å². The molecule has 8 nitrogen and oxygen atoms in total. The molecule has 25 heavy (non-hydrogen) atoms. The Morgan fingerprint density at radius 2 is 1.76 bits per heavy atom. The van der Waals surface area contributed by atoms with Gasteiger partial charge in [-0.2, -0.15) is 0 Å². The molecule has 2 unspecified atom stereocenters. The first-order chi connectivity index (χ1) is 11.4. The highest BCUT2D eigenvalue weighted by Crippen LogP contribution is 2.42. The van der Waals surface area contributed by atoms with Crippen LogP contribution in [0.5, 0.6) is 0 Å². The summed E-state index contributed by atoms with van der Waals surface area (Å²) in [5.41, 5.74) is -1.43. The van der Waals surface area contributed by atoms with Gasteiger partial charge in [-0.15, -0.1) is 0 Å². The molecule has 0 aromatic heterocycles. The van der Waals surface area contributed by atoms with Crippen molar-refractivity contribution in [1.82, 2.24) is 4.90 Å². The predicted molar refractivity (Wildman–Crippen MR) is 91.8 cm³/mol. The molecule has 1 fully saturated rings. The second-order valence-electron chi connectivity index (χ2n) is 7.97. The van der Waals surface area contributed by atoms with Crippen LogP contribution in [0.2, 0.25) is 0 Å². The second kappa shape index (κ2) is 8.01. The van der Waals surface area contributed by atoms with E-state index in [9.17, 15) is 19.7 Å². The summed E-state index contributed by atoms with van der Waals surface area (Å²) in [5, 5.41) is 11.2. The van der Waals surface area contributed by atoms with E-state index in [-0.39, 0.29) is 36.6 Å². The van der Waals surface area contributed by atoms with Gasteiger partial charge >= 0.3 is 12.1 Å². The molecule has 0 aliphatic carbocycles. The molecule has 1 saturated heterocycles. The van der Waals surface area contributed by atoms with Gasteiger partial charge in [-0.3, -0.25) is 14.9 Å². The fourth-order valence-electron chi connectivity index (χ4n) is 3.76. The molecule has 0 saturated carbocycles. The van der Waals surface area contributed by atoms with Crippen LogP contribution < -0.4 is 0 Å². The van der Waals surface area contributed by atoms with Gasteiger partial charge in [-0.25, -0.2) is 4.79 Å². The number of hydrogen-bond acceptors (Lipinski definition) is 6. The number of nitrogens with zero attached hydrogens (tertiary/aromatic N) is 2. The average molecular weight is 358 g/mol. The number of nitro groups is 1. The van der Waals surface area contributed by atoms with Crippen LogP contribution in [0.4, 0.5) is 4.79 Å². The van der Waals surface area contributed by atoms with Crippen LogP contribution in [-0.2, 0) is 14.3 Å². The Morgan fingerprint density at radius 3 is 2.16 bits per heavy atom. The Kier molecular flexibility index (Phi) is 6.79. The zero-order valence-corrected chi connectivity index (χ0v) is 16.0. The van der Waals surface area contributed by atoms with Crippen molar-refractivity contribution in [1.29, 1.82) is 0 Å². The highest BCUT2D eigenvalue weighted by molar-refractivity contribution is 5.71. The number of hydrogen-bond donors (Lipinski definition) is 0. The molecule has 0 bridgehead atoms. The Bertz CT molecular complexity index is 502. The minimum atomic E-state index is -0.812. The topological polar surface area (TPSA) is 99.0 Å². The van der Waals surface area contributed by atoms with Crippen molar-refractivity contribution in [2.45, 2.75) is 78.5 Å². The maximum absolute atomic E-state index is 12.5. The van der Waals surface area contributed by atoms with Crippen LogP contribution in [-0.4, -0.2) is 52.7 Å². The molecular formula is C17H30N2O6. The number of ether oxygens (including phenoxy) is 2. The molecule has 8 heteroatoms. The summed E-state index contributed by atoms with van der Waals surface area (Å²) in [6.45, 7) is 10.7. The molecule has 1 amide bonds. The van der Waals surface area contributed by atoms with E-state index in [4.69, 9.17) is 9.47 Å². The van der Waals surface area contributed by atoms with E-state index < -0.39 is 23.1 Å². The summed E-state index contributed by atoms with van der Waals surface area (Å²) < 4.78 is 10.4. The highest BCUT2D eigenvalue weighted by Gasteiger charge is 2.48. The standard InChI is InChI=1S/C17H30N2O6/c1-7-24-14(20)10-17(11-18(22)23)8-12(2)19(13(3)9-17)15(21)25-16(4,5)6/h12-13H,7-11H2,1-6H3. The maximum atomic E-state index is 12.5. The molecule has 0 aromatic carbocycles. The smallest absolute Gasteiger partial charge is 0.410 e. The van der Waals surface area contributed by atoms with Crippen molar-refractivity contribution >= 4 is 12.1 Å². The molecule has 144 valence electrons. The summed E-state index contributed by atoms with van der Waals surface area (Å²) in [6, 6.07) is -0.541. The first kappa shape index (κ1) is 21.2. The van der Waals surface area contributed by atoms with Gasteiger partial charge in [0, 0.05) is 22.4 Å². The van der Waals surface area contributed by atoms with Crippen LogP contribution in [0, 0.1) is 15.5 Å². The second-order valence-corrected chi connectivity index (χ2v) is 7.97. The van der Waals surface area contributed by atoms with Gasteiger partial charge < -0.3 is 14.4 Å². The van der Waals surface area contributed by atoms with Crippen LogP contribution in [0.25, 0.3) is 0 Å². The fraction of sp³-hybridized carbons (Fsp3) is 0.882. The van der Waals surface area contributed by atoms with Crippen LogP contribution in [0.3, 0.4) is 0 Å². The lowest BCUT2D eigenvalue weighted by atomic mass is 9.70. The number of rotatable bonds is 5. The summed E-state index contributed by atoms with van der Waals surface area (Å²) in [6.07, 6.45) is 0.268. The van der Waals surface area contributed by atoms with Crippen molar-refractivity contribution in [2.75, 3.05) is 13.2 Å². The maximum Gasteiger partial charge on any atom is 0.410 e. The number of esters is 1. The van der Waals surface area contributed by atoms with Crippen LogP contribution in [0.15, 0.2) is 0 Å². The Hall–Kier alpha value is -1.86. The number of likely N-dealkylation sites (tertiary alicyclic amines) is 1. The summed E-state index contributed by atoms with van der Waals surface area (Å²) in [5.74, 6) is -0.436. The zero-order chi connectivity index (χ0) is 19.4. The third kappa shape index (κ3) is 6.17. The Labute approximate surface area is 149 Å². The lowest BCUT2D eigenvalue weighted by Gasteiger charge is -2.47. The van der Waals surface area contributed by atoms with E-state index in [0.29, 0.717) is 12.8 Å². The van der Waals surface area contributed by atoms with E-state index in [0.717, 1.165) is 0 Å². The zero-order valence-electron chi connectivity index (χ0n) is 16.0. The monoisotopic (exact) mass is 358 g/mol. The predicted octanol–water partition coefficient (Wildman–Crippen LogP) is 3.01. The SMILES string of the molecule is CCOC(=O)CC1(C[N+](=O)[O-])CC(C)N(C(=O)OC(C)(C)C)C(C)C1. The van der Waals surface area contributed by atoms with E-state index >= 15 is 0 Å². The first-order valence-corrected chi connectivity index (χ1v) is 8.68. The Morgan fingerprint density at radius 1 is 1.24 bits per heavy atom. The van der Waals surface area contributed by atoms with Gasteiger partial charge in [-0.05, 0) is 54.4 Å². The molecule has 0 radical (unpaired) electrons. The molecule has 0 spiro atoms. The van der Waals surface area contributed by atoms with E-state index in [1.807, 2.05) is 13.8 Å². The molecule has 0 aromatic rings. The number of carbonyl (C=O) groups excluding carboxylic acids is 2. The minimum Gasteiger partial charge on any atom is -0.466 e. The first-order valence-electron chi connectivity index (χ1n) is 8.68. The number of amides is 1. The number of piperidine rings is 1. The van der Waals surface area contributed by atoms with Crippen molar-refractivity contribution in [2.24, 2.45) is 5.41 Å². The molecule has 1 heterocycles. The summed E-state index contributed by atoms with van der Waals surface area (Å²) >= 11 is 0. The van der Waals surface area contributed by atoms with Crippen LogP contribution >= 0.6 is 0 Å². The summed E-state index contributed by atoms with van der Waals surface area (Å²) in [7, 11) is 0. The normalized spacial score (nSPS) is 26.9. The quantitative estimate of drug-likeness (QED) is 0.425. The van der Waals surface area contributed by atoms with Gasteiger partial charge in [0.1, 0.15) is 5.60 Å². The largest absolute Gasteiger partial charge is 0.466 e. The van der Waals surface area contributed by atoms with E-state index in [1.165, 1.54) is 0 Å². The van der Waals surface area contributed by atoms with Crippen molar-refractivity contribution in [3.8, 4) is 0 Å². The highest BCUT2D eigenvalue weighted by atomic mass is 16.6. The van der Waals surface area contributed by atoms with Gasteiger partial charge in [0.15, 0.2) is 0 Å². The molecule has 0 N–H and O–H groups in total. The molecular weight excluding hydrogens is 328 g/mol. The lowest BCUT2D eigenvalue weighted by molar-refractivity contribution is -0.499. The molecule has 1 aliphatic heterocycles. The van der Waals surface area contributed by atoms with Gasteiger partial charge in [0.2, 0.25) is 6.54 Å². The van der Waals surface area contributed by atoms with Crippen molar-refractivity contribution in [3.05, 3.63) is 10.1 Å². The third-order valence-corrected chi connectivity index (χ3v) is 4.30. The molecule has 1 rings (SSSR count). The molecule has 2 atom stereocenters. The number of carbonyl (C=O) groups is 2. The van der Waals surface area contributed by atoms with Gasteiger partial charge in [0.25, 0.3) is 0 Å². The summed E-state index contributed by atoms with van der Waals surface area (Å²) in [4.78, 5) is 36.8. The third-order valence-electron chi connectivity index (χ3n) is 4.30. The minimum absolute atomic E-state index is 0.0152. The van der Waals surface area contributed by atoms with Gasteiger partial charge in [0.05, 0.1) is 13.0 Å². The lowest BCUT2D eigenvalue weighted by Crippen LogP contribution is -2.56. The Balaban J connectivity index is 2.98. The van der Waals surface area contributed by atoms with Crippen LogP contribution in [0.1, 0.15) is 60.8 Å². The fourth-order valence-corrected chi connectivity index (χ4v) is 3.76. The van der Waals surface area contributed by atoms with Gasteiger partial charge in [-0.1, -0.05) is 0 Å². The van der Waals surface area contributed by atoms with Crippen molar-refractivity contribution < 1.29 is 24.0 Å². The van der Waals surface area contributed by atoms with E-state index in [1.54, 1.807) is 32.6 Å². The molecule has 1 aliphatic rings. The van der Waals surface area contributed by atoms with E-state index in [2.05, 4.69) is 0 Å².